The van der Waals surface area contributed by atoms with Gasteiger partial charge in [-0.3, -0.25) is 9.69 Å². The molecule has 0 atom stereocenters. The average Bonchev–Trinajstić information content (AvgIpc) is 3.04. The first-order valence-corrected chi connectivity index (χ1v) is 10.6. The van der Waals surface area contributed by atoms with Crippen LogP contribution in [0.15, 0.2) is 42.5 Å². The number of fused-ring (bicyclic) bond motifs is 1. The fourth-order valence-corrected chi connectivity index (χ4v) is 3.87. The molecule has 30 heavy (non-hydrogen) atoms. The van der Waals surface area contributed by atoms with E-state index in [9.17, 15) is 4.79 Å². The number of piperidine rings is 1. The minimum atomic E-state index is -0.187. The maximum Gasteiger partial charge on any atom is 0.262 e. The standard InChI is InChI=1S/C24H30N4O2/c1-17-4-7-20(8-5-17)30-16-24(29)25-19-6-9-22-21(14-19)26-23(27(22)3)15-28-12-10-18(2)11-13-28/h4-9,14,18H,10-13,15-16H2,1-3H3,(H,25,29). The van der Waals surface area contributed by atoms with Gasteiger partial charge < -0.3 is 14.6 Å². The Balaban J connectivity index is 1.39. The van der Waals surface area contributed by atoms with Gasteiger partial charge in [0.05, 0.1) is 17.6 Å². The number of nitrogens with zero attached hydrogens (tertiary/aromatic N) is 3. The predicted octanol–water partition coefficient (Wildman–Crippen LogP) is 4.13. The van der Waals surface area contributed by atoms with Crippen molar-refractivity contribution in [3.05, 3.63) is 53.9 Å². The molecule has 0 aliphatic carbocycles. The summed E-state index contributed by atoms with van der Waals surface area (Å²) in [6.45, 7) is 7.45. The maximum atomic E-state index is 12.3. The zero-order valence-corrected chi connectivity index (χ0v) is 18.0. The Kier molecular flexibility index (Phi) is 6.04. The highest BCUT2D eigenvalue weighted by Crippen LogP contribution is 2.22. The van der Waals surface area contributed by atoms with Gasteiger partial charge in [0.15, 0.2) is 6.61 Å². The number of aryl methyl sites for hydroxylation is 2. The average molecular weight is 407 g/mol. The molecule has 3 aromatic rings. The number of likely N-dealkylation sites (tertiary alicyclic amines) is 1. The Morgan fingerprint density at radius 2 is 1.90 bits per heavy atom. The lowest BCUT2D eigenvalue weighted by Gasteiger charge is -2.29. The van der Waals surface area contributed by atoms with E-state index in [1.165, 1.54) is 12.8 Å². The first kappa shape index (κ1) is 20.4. The summed E-state index contributed by atoms with van der Waals surface area (Å²) in [7, 11) is 2.06. The number of carbonyl (C=O) groups excluding carboxylic acids is 1. The molecule has 1 fully saturated rings. The van der Waals surface area contributed by atoms with E-state index >= 15 is 0 Å². The highest BCUT2D eigenvalue weighted by atomic mass is 16.5. The molecule has 1 amide bonds. The number of imidazole rings is 1. The molecule has 1 N–H and O–H groups in total. The molecule has 0 unspecified atom stereocenters. The predicted molar refractivity (Wildman–Crippen MR) is 120 cm³/mol. The monoisotopic (exact) mass is 406 g/mol. The van der Waals surface area contributed by atoms with E-state index < -0.39 is 0 Å². The topological polar surface area (TPSA) is 59.4 Å². The zero-order chi connectivity index (χ0) is 21.1. The van der Waals surface area contributed by atoms with Gasteiger partial charge in [0, 0.05) is 12.7 Å². The van der Waals surface area contributed by atoms with Crippen LogP contribution in [-0.4, -0.2) is 40.1 Å². The van der Waals surface area contributed by atoms with E-state index in [2.05, 4.69) is 28.8 Å². The van der Waals surface area contributed by atoms with E-state index in [0.29, 0.717) is 5.75 Å². The largest absolute Gasteiger partial charge is 0.484 e. The first-order chi connectivity index (χ1) is 14.5. The summed E-state index contributed by atoms with van der Waals surface area (Å²) in [5.74, 6) is 2.38. The molecular weight excluding hydrogens is 376 g/mol. The number of hydrogen-bond acceptors (Lipinski definition) is 4. The van der Waals surface area contributed by atoms with Gasteiger partial charge in [-0.1, -0.05) is 24.6 Å². The Labute approximate surface area is 177 Å². The lowest BCUT2D eigenvalue weighted by Crippen LogP contribution is -2.33. The van der Waals surface area contributed by atoms with E-state index in [1.807, 2.05) is 49.4 Å². The van der Waals surface area contributed by atoms with Crippen molar-refractivity contribution in [3.63, 3.8) is 0 Å². The van der Waals surface area contributed by atoms with Crippen LogP contribution in [0.3, 0.4) is 0 Å². The summed E-state index contributed by atoms with van der Waals surface area (Å²) in [5.41, 5.74) is 3.86. The van der Waals surface area contributed by atoms with Crippen molar-refractivity contribution in [2.75, 3.05) is 25.0 Å². The molecule has 0 spiro atoms. The maximum absolute atomic E-state index is 12.3. The van der Waals surface area contributed by atoms with E-state index in [4.69, 9.17) is 9.72 Å². The summed E-state index contributed by atoms with van der Waals surface area (Å²) in [6.07, 6.45) is 2.51. The van der Waals surface area contributed by atoms with E-state index in [0.717, 1.165) is 53.7 Å². The third-order valence-electron chi connectivity index (χ3n) is 5.89. The van der Waals surface area contributed by atoms with Gasteiger partial charge in [-0.2, -0.15) is 0 Å². The molecule has 1 saturated heterocycles. The Morgan fingerprint density at radius 1 is 1.17 bits per heavy atom. The molecular formula is C24H30N4O2. The number of ether oxygens (including phenoxy) is 1. The first-order valence-electron chi connectivity index (χ1n) is 10.6. The smallest absolute Gasteiger partial charge is 0.262 e. The molecule has 4 rings (SSSR count). The van der Waals surface area contributed by atoms with Gasteiger partial charge in [0.1, 0.15) is 11.6 Å². The fraction of sp³-hybridized carbons (Fsp3) is 0.417. The van der Waals surface area contributed by atoms with E-state index in [-0.39, 0.29) is 12.5 Å². The van der Waals surface area contributed by atoms with Gasteiger partial charge in [0.2, 0.25) is 0 Å². The Bertz CT molecular complexity index is 1020. The molecule has 2 aromatic carbocycles. The van der Waals surface area contributed by atoms with E-state index in [1.54, 1.807) is 0 Å². The molecule has 6 nitrogen and oxygen atoms in total. The summed E-state index contributed by atoms with van der Waals surface area (Å²) >= 11 is 0. The van der Waals surface area contributed by atoms with Crippen molar-refractivity contribution >= 4 is 22.6 Å². The zero-order valence-electron chi connectivity index (χ0n) is 18.0. The van der Waals surface area contributed by atoms with Crippen LogP contribution < -0.4 is 10.1 Å². The molecule has 0 radical (unpaired) electrons. The second kappa shape index (κ2) is 8.88. The fourth-order valence-electron chi connectivity index (χ4n) is 3.87. The van der Waals surface area contributed by atoms with Crippen molar-refractivity contribution in [2.24, 2.45) is 13.0 Å². The third-order valence-corrected chi connectivity index (χ3v) is 5.89. The number of hydrogen-bond donors (Lipinski definition) is 1. The van der Waals surface area contributed by atoms with Gasteiger partial charge in [-0.25, -0.2) is 4.98 Å². The van der Waals surface area contributed by atoms with Crippen LogP contribution >= 0.6 is 0 Å². The number of rotatable bonds is 6. The molecule has 1 aliphatic rings. The number of amides is 1. The summed E-state index contributed by atoms with van der Waals surface area (Å²) in [6, 6.07) is 13.5. The van der Waals surface area contributed by atoms with Crippen LogP contribution in [0.4, 0.5) is 5.69 Å². The highest BCUT2D eigenvalue weighted by Gasteiger charge is 2.18. The van der Waals surface area contributed by atoms with Crippen molar-refractivity contribution in [1.82, 2.24) is 14.5 Å². The normalized spacial score (nSPS) is 15.4. The van der Waals surface area contributed by atoms with Crippen molar-refractivity contribution in [3.8, 4) is 5.75 Å². The molecule has 1 aliphatic heterocycles. The quantitative estimate of drug-likeness (QED) is 0.669. The molecule has 1 aromatic heterocycles. The molecule has 6 heteroatoms. The second-order valence-corrected chi connectivity index (χ2v) is 8.40. The number of anilines is 1. The van der Waals surface area contributed by atoms with Crippen LogP contribution in [0, 0.1) is 12.8 Å². The molecule has 0 bridgehead atoms. The van der Waals surface area contributed by atoms with Gasteiger partial charge in [-0.05, 0) is 69.1 Å². The van der Waals surface area contributed by atoms with Crippen LogP contribution in [0.2, 0.25) is 0 Å². The number of aromatic nitrogens is 2. The van der Waals surface area contributed by atoms with Gasteiger partial charge >= 0.3 is 0 Å². The molecule has 0 saturated carbocycles. The molecule has 2 heterocycles. The molecule has 158 valence electrons. The Morgan fingerprint density at radius 3 is 2.63 bits per heavy atom. The minimum Gasteiger partial charge on any atom is -0.484 e. The van der Waals surface area contributed by atoms with Gasteiger partial charge in [0.25, 0.3) is 5.91 Å². The van der Waals surface area contributed by atoms with Crippen LogP contribution in [0.5, 0.6) is 5.75 Å². The number of benzene rings is 2. The highest BCUT2D eigenvalue weighted by molar-refractivity contribution is 5.94. The second-order valence-electron chi connectivity index (χ2n) is 8.40. The SMILES string of the molecule is Cc1ccc(OCC(=O)Nc2ccc3c(c2)nc(CN2CCC(C)CC2)n3C)cc1. The third kappa shape index (κ3) is 4.82. The summed E-state index contributed by atoms with van der Waals surface area (Å²) in [4.78, 5) is 19.6. The van der Waals surface area contributed by atoms with Crippen LogP contribution in [0.25, 0.3) is 11.0 Å². The summed E-state index contributed by atoms with van der Waals surface area (Å²) in [5, 5.41) is 2.91. The van der Waals surface area contributed by atoms with Crippen LogP contribution in [0.1, 0.15) is 31.2 Å². The lowest BCUT2D eigenvalue weighted by atomic mass is 9.99. The summed E-state index contributed by atoms with van der Waals surface area (Å²) < 4.78 is 7.71. The van der Waals surface area contributed by atoms with Crippen molar-refractivity contribution in [1.29, 1.82) is 0 Å². The number of nitrogens with one attached hydrogen (secondary N) is 1. The van der Waals surface area contributed by atoms with Gasteiger partial charge in [-0.15, -0.1) is 0 Å². The van der Waals surface area contributed by atoms with Crippen molar-refractivity contribution in [2.45, 2.75) is 33.2 Å². The lowest BCUT2D eigenvalue weighted by molar-refractivity contribution is -0.118. The minimum absolute atomic E-state index is 0.0258. The Hall–Kier alpha value is -2.86. The number of carbonyl (C=O) groups is 1. The van der Waals surface area contributed by atoms with Crippen molar-refractivity contribution < 1.29 is 9.53 Å². The van der Waals surface area contributed by atoms with Crippen LogP contribution in [-0.2, 0) is 18.4 Å².